The minimum atomic E-state index is -0.555. The zero-order chi connectivity index (χ0) is 13.7. The van der Waals surface area contributed by atoms with Gasteiger partial charge in [-0.15, -0.1) is 0 Å². The van der Waals surface area contributed by atoms with E-state index < -0.39 is 6.04 Å². The Morgan fingerprint density at radius 1 is 1.56 bits per heavy atom. The molecule has 0 aliphatic heterocycles. The van der Waals surface area contributed by atoms with Gasteiger partial charge in [-0.1, -0.05) is 29.8 Å². The van der Waals surface area contributed by atoms with Crippen molar-refractivity contribution in [1.82, 2.24) is 0 Å². The first-order valence-corrected chi connectivity index (χ1v) is 6.49. The zero-order valence-electron chi connectivity index (χ0n) is 10.4. The third-order valence-corrected chi connectivity index (χ3v) is 2.92. The number of benzene rings is 1. The molecule has 0 unspecified atom stereocenters. The Morgan fingerprint density at radius 2 is 2.22 bits per heavy atom. The number of amides is 1. The summed E-state index contributed by atoms with van der Waals surface area (Å²) in [6, 6.07) is 6.59. The lowest BCUT2D eigenvalue weighted by atomic mass is 10.0. The monoisotopic (exact) mass is 309 g/mol. The van der Waals surface area contributed by atoms with Crippen LogP contribution in [-0.4, -0.2) is 11.9 Å². The largest absolute Gasteiger partial charge is 0.324 e. The number of nitrogens with zero attached hydrogens (tertiary/aromatic N) is 1. The molecule has 0 saturated carbocycles. The first kappa shape index (κ1) is 14.7. The Morgan fingerprint density at radius 3 is 2.78 bits per heavy atom. The van der Waals surface area contributed by atoms with Gasteiger partial charge in [-0.2, -0.15) is 5.26 Å². The lowest BCUT2D eigenvalue weighted by Crippen LogP contribution is -2.36. The number of halogens is 1. The average molecular weight is 310 g/mol. The van der Waals surface area contributed by atoms with Crippen molar-refractivity contribution >= 4 is 27.5 Å². The standard InChI is InChI=1S/C13H16BrN3O/c1-8(2)5-11(16)13(18)17-12-4-3-10(14)6-9(12)7-15/h3-4,6,8,11H,5,16H2,1-2H3,(H,17,18)/t11-/m0/s1. The molecule has 0 spiro atoms. The third-order valence-electron chi connectivity index (χ3n) is 2.42. The summed E-state index contributed by atoms with van der Waals surface area (Å²) in [6.45, 7) is 4.01. The molecule has 0 heterocycles. The van der Waals surface area contributed by atoms with Crippen molar-refractivity contribution in [3.8, 4) is 6.07 Å². The summed E-state index contributed by atoms with van der Waals surface area (Å²) in [7, 11) is 0. The van der Waals surface area contributed by atoms with E-state index in [-0.39, 0.29) is 5.91 Å². The van der Waals surface area contributed by atoms with Gasteiger partial charge in [-0.3, -0.25) is 4.79 Å². The highest BCUT2D eigenvalue weighted by atomic mass is 79.9. The summed E-state index contributed by atoms with van der Waals surface area (Å²) in [4.78, 5) is 11.8. The van der Waals surface area contributed by atoms with Crippen molar-refractivity contribution in [1.29, 1.82) is 5.26 Å². The number of nitriles is 1. The molecule has 1 aromatic carbocycles. The van der Waals surface area contributed by atoms with Crippen LogP contribution in [0.5, 0.6) is 0 Å². The molecule has 0 bridgehead atoms. The quantitative estimate of drug-likeness (QED) is 0.897. The number of nitrogens with two attached hydrogens (primary N) is 1. The Kier molecular flexibility index (Phi) is 5.32. The molecular formula is C13H16BrN3O. The number of carbonyl (C=O) groups is 1. The van der Waals surface area contributed by atoms with Crippen molar-refractivity contribution in [2.45, 2.75) is 26.3 Å². The Bertz CT molecular complexity index is 480. The first-order chi connectivity index (χ1) is 8.43. The fourth-order valence-corrected chi connectivity index (χ4v) is 1.92. The van der Waals surface area contributed by atoms with Gasteiger partial charge >= 0.3 is 0 Å². The number of rotatable bonds is 4. The van der Waals surface area contributed by atoms with Gasteiger partial charge in [0.1, 0.15) is 6.07 Å². The van der Waals surface area contributed by atoms with E-state index in [1.165, 1.54) is 0 Å². The highest BCUT2D eigenvalue weighted by Gasteiger charge is 2.16. The van der Waals surface area contributed by atoms with Gasteiger partial charge in [-0.05, 0) is 30.5 Å². The van der Waals surface area contributed by atoms with E-state index in [4.69, 9.17) is 11.0 Å². The van der Waals surface area contributed by atoms with Gasteiger partial charge in [0.2, 0.25) is 5.91 Å². The molecule has 18 heavy (non-hydrogen) atoms. The fraction of sp³-hybridized carbons (Fsp3) is 0.385. The third kappa shape index (κ3) is 4.13. The van der Waals surface area contributed by atoms with Gasteiger partial charge in [0, 0.05) is 4.47 Å². The Balaban J connectivity index is 2.79. The molecule has 0 radical (unpaired) electrons. The molecule has 0 aliphatic rings. The molecule has 1 amide bonds. The van der Waals surface area contributed by atoms with Crippen LogP contribution in [0.3, 0.4) is 0 Å². The van der Waals surface area contributed by atoms with Gasteiger partial charge < -0.3 is 11.1 Å². The summed E-state index contributed by atoms with van der Waals surface area (Å²) in [5.74, 6) is 0.0913. The lowest BCUT2D eigenvalue weighted by Gasteiger charge is -2.14. The molecule has 3 N–H and O–H groups in total. The van der Waals surface area contributed by atoms with Crippen LogP contribution in [-0.2, 0) is 4.79 Å². The second-order valence-electron chi connectivity index (χ2n) is 4.53. The second kappa shape index (κ2) is 6.53. The molecule has 0 saturated heterocycles. The lowest BCUT2D eigenvalue weighted by molar-refractivity contribution is -0.117. The molecule has 96 valence electrons. The molecule has 1 atom stereocenters. The van der Waals surface area contributed by atoms with E-state index in [1.54, 1.807) is 18.2 Å². The van der Waals surface area contributed by atoms with Gasteiger partial charge in [0.15, 0.2) is 0 Å². The predicted octanol–water partition coefficient (Wildman–Crippen LogP) is 2.63. The maximum atomic E-state index is 11.8. The molecule has 5 heteroatoms. The molecule has 1 aromatic rings. The average Bonchev–Trinajstić information content (AvgIpc) is 2.30. The topological polar surface area (TPSA) is 78.9 Å². The van der Waals surface area contributed by atoms with Gasteiger partial charge in [-0.25, -0.2) is 0 Å². The van der Waals surface area contributed by atoms with Crippen molar-refractivity contribution in [2.75, 3.05) is 5.32 Å². The first-order valence-electron chi connectivity index (χ1n) is 5.70. The van der Waals surface area contributed by atoms with Gasteiger partial charge in [0.05, 0.1) is 17.3 Å². The fourth-order valence-electron chi connectivity index (χ4n) is 1.56. The molecule has 0 aliphatic carbocycles. The molecule has 0 fully saturated rings. The van der Waals surface area contributed by atoms with E-state index in [0.29, 0.717) is 23.6 Å². The van der Waals surface area contributed by atoms with Crippen molar-refractivity contribution in [3.05, 3.63) is 28.2 Å². The summed E-state index contributed by atoms with van der Waals surface area (Å²) in [5, 5.41) is 11.7. The summed E-state index contributed by atoms with van der Waals surface area (Å²) < 4.78 is 0.795. The minimum Gasteiger partial charge on any atom is -0.324 e. The highest BCUT2D eigenvalue weighted by Crippen LogP contribution is 2.20. The second-order valence-corrected chi connectivity index (χ2v) is 5.44. The van der Waals surface area contributed by atoms with Gasteiger partial charge in [0.25, 0.3) is 0 Å². The minimum absolute atomic E-state index is 0.262. The Labute approximate surface area is 115 Å². The van der Waals surface area contributed by atoms with Crippen LogP contribution in [0.15, 0.2) is 22.7 Å². The Hall–Kier alpha value is -1.38. The van der Waals surface area contributed by atoms with Crippen molar-refractivity contribution in [3.63, 3.8) is 0 Å². The number of carbonyl (C=O) groups excluding carboxylic acids is 1. The molecule has 1 rings (SSSR count). The molecular weight excluding hydrogens is 294 g/mol. The molecule has 0 aromatic heterocycles. The number of hydrogen-bond acceptors (Lipinski definition) is 3. The molecule has 4 nitrogen and oxygen atoms in total. The van der Waals surface area contributed by atoms with Crippen LogP contribution in [0, 0.1) is 17.2 Å². The van der Waals surface area contributed by atoms with Crippen LogP contribution in [0.4, 0.5) is 5.69 Å². The van der Waals surface area contributed by atoms with E-state index >= 15 is 0 Å². The normalized spacial score (nSPS) is 12.0. The number of nitrogens with one attached hydrogen (secondary N) is 1. The highest BCUT2D eigenvalue weighted by molar-refractivity contribution is 9.10. The summed E-state index contributed by atoms with van der Waals surface area (Å²) in [6.07, 6.45) is 0.615. The van der Waals surface area contributed by atoms with E-state index in [1.807, 2.05) is 19.9 Å². The SMILES string of the molecule is CC(C)C[C@H](N)C(=O)Nc1ccc(Br)cc1C#N. The van der Waals surface area contributed by atoms with Crippen LogP contribution < -0.4 is 11.1 Å². The van der Waals surface area contributed by atoms with Crippen molar-refractivity contribution in [2.24, 2.45) is 11.7 Å². The van der Waals surface area contributed by atoms with Crippen LogP contribution in [0.1, 0.15) is 25.8 Å². The summed E-state index contributed by atoms with van der Waals surface area (Å²) >= 11 is 3.28. The number of hydrogen-bond donors (Lipinski definition) is 2. The number of anilines is 1. The van der Waals surface area contributed by atoms with Crippen molar-refractivity contribution < 1.29 is 4.79 Å². The van der Waals surface area contributed by atoms with Crippen LogP contribution >= 0.6 is 15.9 Å². The van der Waals surface area contributed by atoms with E-state index in [9.17, 15) is 4.79 Å². The predicted molar refractivity (Wildman–Crippen MR) is 74.9 cm³/mol. The summed E-state index contributed by atoms with van der Waals surface area (Å²) in [5.41, 5.74) is 6.69. The smallest absolute Gasteiger partial charge is 0.241 e. The van der Waals surface area contributed by atoms with Crippen LogP contribution in [0.25, 0.3) is 0 Å². The van der Waals surface area contributed by atoms with E-state index in [0.717, 1.165) is 4.47 Å². The van der Waals surface area contributed by atoms with E-state index in [2.05, 4.69) is 21.2 Å². The maximum Gasteiger partial charge on any atom is 0.241 e. The maximum absolute atomic E-state index is 11.8. The zero-order valence-corrected chi connectivity index (χ0v) is 12.0. The van der Waals surface area contributed by atoms with Crippen LogP contribution in [0.2, 0.25) is 0 Å².